The van der Waals surface area contributed by atoms with E-state index in [1.165, 1.54) is 0 Å². The van der Waals surface area contributed by atoms with E-state index >= 15 is 0 Å². The zero-order valence-corrected chi connectivity index (χ0v) is 36.5. The zero-order chi connectivity index (χ0) is 44.3. The number of aromatic nitrogens is 4. The molecular weight excluding hydrogens is 797 g/mol. The van der Waals surface area contributed by atoms with Gasteiger partial charge in [-0.15, -0.1) is 0 Å². The maximum Gasteiger partial charge on any atom is 0.410 e. The van der Waals surface area contributed by atoms with Gasteiger partial charge >= 0.3 is 6.09 Å². The monoisotopic (exact) mass is 852 g/mol. The maximum atomic E-state index is 12.5. The number of anilines is 2. The number of phenols is 2. The number of hydrogen-bond donors (Lipinski definition) is 5. The molecule has 0 unspecified atom stereocenters. The summed E-state index contributed by atoms with van der Waals surface area (Å²) >= 11 is 0. The number of amides is 1. The van der Waals surface area contributed by atoms with Crippen molar-refractivity contribution in [1.82, 2.24) is 30.2 Å². The lowest BCUT2D eigenvalue weighted by Gasteiger charge is -2.24. The molecule has 2 aliphatic heterocycles. The third kappa shape index (κ3) is 11.7. The van der Waals surface area contributed by atoms with Gasteiger partial charge < -0.3 is 45.3 Å². The average Bonchev–Trinajstić information content (AvgIpc) is 3.96. The fourth-order valence-electron chi connectivity index (χ4n) is 7.38. The number of methoxy groups -OCH3 is 2. The van der Waals surface area contributed by atoms with Gasteiger partial charge in [-0.1, -0.05) is 60.7 Å². The summed E-state index contributed by atoms with van der Waals surface area (Å²) in [6, 6.07) is 26.6. The van der Waals surface area contributed by atoms with Gasteiger partial charge in [-0.05, 0) is 99.8 Å². The van der Waals surface area contributed by atoms with Crippen LogP contribution in [0.25, 0.3) is 56.7 Å². The van der Waals surface area contributed by atoms with Crippen LogP contribution in [0.2, 0.25) is 0 Å². The van der Waals surface area contributed by atoms with Crippen molar-refractivity contribution in [2.75, 3.05) is 64.2 Å². The van der Waals surface area contributed by atoms with E-state index in [0.717, 1.165) is 64.7 Å². The Kier molecular flexibility index (Phi) is 14.5. The molecule has 8 rings (SSSR count). The van der Waals surface area contributed by atoms with Gasteiger partial charge in [0.05, 0.1) is 35.4 Å². The molecule has 2 aromatic heterocycles. The molecule has 6 aromatic rings. The van der Waals surface area contributed by atoms with Crippen LogP contribution in [0.5, 0.6) is 11.5 Å². The van der Waals surface area contributed by atoms with Crippen LogP contribution < -0.4 is 16.0 Å². The van der Waals surface area contributed by atoms with Crippen LogP contribution in [0.15, 0.2) is 97.1 Å². The molecule has 0 saturated carbocycles. The van der Waals surface area contributed by atoms with Crippen molar-refractivity contribution < 1.29 is 29.2 Å². The normalized spacial score (nSPS) is 16.5. The molecule has 0 spiro atoms. The Labute approximate surface area is 368 Å². The number of para-hydroxylation sites is 2. The van der Waals surface area contributed by atoms with Crippen LogP contribution in [0.4, 0.5) is 16.4 Å². The van der Waals surface area contributed by atoms with Crippen LogP contribution in [0, 0.1) is 0 Å². The molecule has 0 aliphatic carbocycles. The van der Waals surface area contributed by atoms with Gasteiger partial charge in [-0.3, -0.25) is 0 Å². The molecule has 4 aromatic carbocycles. The predicted molar refractivity (Wildman–Crippen MR) is 250 cm³/mol. The molecule has 63 heavy (non-hydrogen) atoms. The second-order valence-electron chi connectivity index (χ2n) is 16.5. The summed E-state index contributed by atoms with van der Waals surface area (Å²) in [5.74, 6) is 2.69. The minimum Gasteiger partial charge on any atom is -0.507 e. The highest BCUT2D eigenvalue weighted by molar-refractivity contribution is 5.93. The predicted octanol–water partition coefficient (Wildman–Crippen LogP) is 8.52. The van der Waals surface area contributed by atoms with Crippen molar-refractivity contribution in [1.29, 1.82) is 0 Å². The number of carbonyl (C=O) groups is 1. The lowest BCUT2D eigenvalue weighted by molar-refractivity contribution is 0.0293. The maximum absolute atomic E-state index is 12.5. The molecule has 2 aliphatic rings. The highest BCUT2D eigenvalue weighted by Crippen LogP contribution is 2.33. The third-order valence-electron chi connectivity index (χ3n) is 10.5. The van der Waals surface area contributed by atoms with Crippen molar-refractivity contribution in [3.8, 4) is 34.3 Å². The quantitative estimate of drug-likeness (QED) is 0.0793. The largest absolute Gasteiger partial charge is 0.507 e. The standard InChI is InChI=1S/C27H32N4O4.C22H24N4O2/c1-27(2,3)35-26(33)31-14-13-19(17-31)28-24-20-12-11-18(8-7-15-34-4)16-22(20)29-25(30-24)21-9-5-6-10-23(21)32;1-28-12-4-5-15-8-9-17-19(13-15)25-22(18-6-2-3-7-20(18)27)26-21(17)24-16-10-11-23-14-16/h5-12,16,19,32H,13-15,17H2,1-4H3,(H,28,29,30);2-9,13,16,23,27H,10-12,14H2,1H3,(H,24,25,26)/b8-7+;5-4+/t19-;16-/m00/s1. The SMILES string of the molecule is COC/C=C/c1ccc2c(N[C@H]3CCN(C(=O)OC(C)(C)C)C3)nc(-c3ccccc3O)nc2c1.COC/C=C/c1ccc2c(N[C@H]3CCNC3)nc(-c3ccccc3O)nc2c1. The van der Waals surface area contributed by atoms with E-state index in [0.29, 0.717) is 60.9 Å². The number of phenolic OH excluding ortho intramolecular Hbond substituents is 2. The van der Waals surface area contributed by atoms with Crippen molar-refractivity contribution in [3.05, 3.63) is 108 Å². The second kappa shape index (κ2) is 20.5. The summed E-state index contributed by atoms with van der Waals surface area (Å²) in [4.78, 5) is 33.2. The molecule has 14 heteroatoms. The van der Waals surface area contributed by atoms with E-state index < -0.39 is 5.60 Å². The van der Waals surface area contributed by atoms with E-state index in [9.17, 15) is 15.0 Å². The highest BCUT2D eigenvalue weighted by Gasteiger charge is 2.30. The Hall–Kier alpha value is -6.61. The molecule has 1 amide bonds. The lowest BCUT2D eigenvalue weighted by atomic mass is 10.1. The molecular formula is C49H56N8O6. The van der Waals surface area contributed by atoms with Crippen molar-refractivity contribution in [2.45, 2.75) is 51.3 Å². The summed E-state index contributed by atoms with van der Waals surface area (Å²) in [5, 5.41) is 33.0. The summed E-state index contributed by atoms with van der Waals surface area (Å²) in [7, 11) is 3.33. The van der Waals surface area contributed by atoms with Crippen LogP contribution in [0.1, 0.15) is 44.7 Å². The van der Waals surface area contributed by atoms with Crippen LogP contribution in [-0.4, -0.2) is 112 Å². The number of hydrogen-bond acceptors (Lipinski definition) is 13. The first-order valence-electron chi connectivity index (χ1n) is 21.2. The van der Waals surface area contributed by atoms with E-state index in [2.05, 4.69) is 22.0 Å². The Balaban J connectivity index is 0.000000193. The number of nitrogens with zero attached hydrogens (tertiary/aromatic N) is 5. The minimum atomic E-state index is -0.534. The van der Waals surface area contributed by atoms with Gasteiger partial charge in [0.15, 0.2) is 11.6 Å². The zero-order valence-electron chi connectivity index (χ0n) is 36.5. The smallest absolute Gasteiger partial charge is 0.410 e. The molecule has 4 heterocycles. The number of nitrogens with one attached hydrogen (secondary N) is 3. The number of benzene rings is 4. The fraction of sp³-hybridized carbons (Fsp3) is 0.327. The Morgan fingerprint density at radius 3 is 1.75 bits per heavy atom. The van der Waals surface area contributed by atoms with Crippen molar-refractivity contribution >= 4 is 51.7 Å². The number of carbonyl (C=O) groups excluding carboxylic acids is 1. The summed E-state index contributed by atoms with van der Waals surface area (Å²) in [6.07, 6.45) is 9.41. The van der Waals surface area contributed by atoms with Gasteiger partial charge in [-0.25, -0.2) is 24.7 Å². The first kappa shape index (κ1) is 44.4. The van der Waals surface area contributed by atoms with E-state index in [-0.39, 0.29) is 23.6 Å². The topological polar surface area (TPSA) is 176 Å². The Bertz CT molecular complexity index is 2590. The molecule has 328 valence electrons. The summed E-state index contributed by atoms with van der Waals surface area (Å²) < 4.78 is 15.7. The number of ether oxygens (including phenoxy) is 3. The van der Waals surface area contributed by atoms with E-state index in [1.807, 2.05) is 93.6 Å². The first-order chi connectivity index (χ1) is 30.5. The number of likely N-dealkylation sites (tertiary alicyclic amines) is 1. The van der Waals surface area contributed by atoms with Gasteiger partial charge in [0.25, 0.3) is 0 Å². The second-order valence-corrected chi connectivity index (χ2v) is 16.5. The Morgan fingerprint density at radius 1 is 0.746 bits per heavy atom. The van der Waals surface area contributed by atoms with Gasteiger partial charge in [-0.2, -0.15) is 0 Å². The minimum absolute atomic E-state index is 0.0131. The number of rotatable bonds is 12. The van der Waals surface area contributed by atoms with Crippen LogP contribution in [0.3, 0.4) is 0 Å². The Morgan fingerprint density at radius 2 is 1.27 bits per heavy atom. The number of aromatic hydroxyl groups is 2. The molecule has 0 radical (unpaired) electrons. The molecule has 2 fully saturated rings. The molecule has 2 atom stereocenters. The van der Waals surface area contributed by atoms with Crippen molar-refractivity contribution in [3.63, 3.8) is 0 Å². The molecule has 14 nitrogen and oxygen atoms in total. The van der Waals surface area contributed by atoms with Crippen molar-refractivity contribution in [2.24, 2.45) is 0 Å². The van der Waals surface area contributed by atoms with Crippen LogP contribution in [-0.2, 0) is 14.2 Å². The molecule has 5 N–H and O–H groups in total. The molecule has 2 saturated heterocycles. The van der Waals surface area contributed by atoms with E-state index in [1.54, 1.807) is 49.5 Å². The molecule has 0 bridgehead atoms. The summed E-state index contributed by atoms with van der Waals surface area (Å²) in [5.41, 5.74) is 4.26. The van der Waals surface area contributed by atoms with E-state index in [4.69, 9.17) is 34.1 Å². The van der Waals surface area contributed by atoms with Gasteiger partial charge in [0.1, 0.15) is 28.7 Å². The summed E-state index contributed by atoms with van der Waals surface area (Å²) in [6.45, 7) is 9.71. The number of fused-ring (bicyclic) bond motifs is 2. The third-order valence-corrected chi connectivity index (χ3v) is 10.5. The van der Waals surface area contributed by atoms with Gasteiger partial charge in [0.2, 0.25) is 0 Å². The average molecular weight is 853 g/mol. The fourth-order valence-corrected chi connectivity index (χ4v) is 7.38. The van der Waals surface area contributed by atoms with Crippen LogP contribution >= 0.6 is 0 Å². The lowest BCUT2D eigenvalue weighted by Crippen LogP contribution is -2.36. The highest BCUT2D eigenvalue weighted by atomic mass is 16.6. The first-order valence-corrected chi connectivity index (χ1v) is 21.2. The van der Waals surface area contributed by atoms with Gasteiger partial charge in [0, 0.05) is 56.7 Å².